The van der Waals surface area contributed by atoms with Crippen LogP contribution in [-0.2, 0) is 0 Å². The molecule has 0 amide bonds. The van der Waals surface area contributed by atoms with Crippen LogP contribution in [0.5, 0.6) is 0 Å². The molecule has 1 aliphatic heterocycles. The van der Waals surface area contributed by atoms with E-state index in [1.54, 1.807) is 6.20 Å². The lowest BCUT2D eigenvalue weighted by Crippen LogP contribution is -2.36. The molecule has 1 saturated heterocycles. The van der Waals surface area contributed by atoms with Crippen molar-refractivity contribution in [2.24, 2.45) is 5.92 Å². The summed E-state index contributed by atoms with van der Waals surface area (Å²) in [4.78, 5) is 20.9. The quantitative estimate of drug-likeness (QED) is 0.596. The number of nitrogens with one attached hydrogen (secondary N) is 3. The molecule has 5 rings (SSSR count). The molecular weight excluding hydrogens is 400 g/mol. The molecule has 0 radical (unpaired) electrons. The molecule has 4 heterocycles. The second-order valence-electron chi connectivity index (χ2n) is 6.68. The molecule has 0 spiro atoms. The van der Waals surface area contributed by atoms with Gasteiger partial charge in [-0.15, -0.1) is 36.2 Å². The van der Waals surface area contributed by atoms with Crippen molar-refractivity contribution in [1.29, 1.82) is 0 Å². The summed E-state index contributed by atoms with van der Waals surface area (Å²) >= 11 is 1.40. The molecule has 1 saturated carbocycles. The number of alkyl halides is 1. The maximum atomic E-state index is 14.0. The topological polar surface area (TPSA) is 86.5 Å². The van der Waals surface area contributed by atoms with Crippen molar-refractivity contribution < 1.29 is 4.39 Å². The Kier molecular flexibility index (Phi) is 5.13. The van der Waals surface area contributed by atoms with Crippen molar-refractivity contribution in [3.8, 4) is 10.4 Å². The highest BCUT2D eigenvalue weighted by molar-refractivity contribution is 7.22. The first kappa shape index (κ1) is 19.3. The second-order valence-corrected chi connectivity index (χ2v) is 7.73. The van der Waals surface area contributed by atoms with Crippen LogP contribution in [0.25, 0.3) is 20.7 Å². The van der Waals surface area contributed by atoms with E-state index in [9.17, 15) is 9.18 Å². The maximum absolute atomic E-state index is 14.0. The SMILES string of the molecule is Cc1[nH]ncc1-c1cc2nc([C@H]3NC4CC3[C@@H](F)C4)[nH]c(=O)c2s1.Cl.Cl. The number of aromatic amines is 2. The highest BCUT2D eigenvalue weighted by atomic mass is 35.5. The summed E-state index contributed by atoms with van der Waals surface area (Å²) in [6.45, 7) is 1.94. The third-order valence-electron chi connectivity index (χ3n) is 5.17. The predicted octanol–water partition coefficient (Wildman–Crippen LogP) is 3.29. The van der Waals surface area contributed by atoms with Gasteiger partial charge in [-0.2, -0.15) is 5.10 Å². The van der Waals surface area contributed by atoms with Crippen LogP contribution in [0.2, 0.25) is 0 Å². The fourth-order valence-corrected chi connectivity index (χ4v) is 5.06. The lowest BCUT2D eigenvalue weighted by atomic mass is 9.97. The number of fused-ring (bicyclic) bond motifs is 3. The van der Waals surface area contributed by atoms with Gasteiger partial charge in [0.05, 0.1) is 17.8 Å². The summed E-state index contributed by atoms with van der Waals surface area (Å²) < 4.78 is 14.6. The Morgan fingerprint density at radius 2 is 2.12 bits per heavy atom. The molecule has 3 aromatic heterocycles. The lowest BCUT2D eigenvalue weighted by molar-refractivity contribution is 0.196. The molecule has 2 unspecified atom stereocenters. The zero-order valence-corrected chi connectivity index (χ0v) is 16.2. The molecule has 0 aromatic carbocycles. The van der Waals surface area contributed by atoms with Crippen molar-refractivity contribution in [2.75, 3.05) is 0 Å². The van der Waals surface area contributed by atoms with Crippen molar-refractivity contribution in [1.82, 2.24) is 25.5 Å². The number of hydrogen-bond donors (Lipinski definition) is 3. The van der Waals surface area contributed by atoms with Crippen LogP contribution in [0.15, 0.2) is 17.1 Å². The van der Waals surface area contributed by atoms with Gasteiger partial charge in [-0.1, -0.05) is 0 Å². The van der Waals surface area contributed by atoms with Crippen molar-refractivity contribution in [3.63, 3.8) is 0 Å². The zero-order valence-electron chi connectivity index (χ0n) is 13.8. The molecule has 2 bridgehead atoms. The minimum Gasteiger partial charge on any atom is -0.308 e. The van der Waals surface area contributed by atoms with Crippen LogP contribution in [0, 0.1) is 12.8 Å². The number of H-pyrrole nitrogens is 2. The van der Waals surface area contributed by atoms with Gasteiger partial charge in [0.1, 0.15) is 16.7 Å². The molecule has 4 atom stereocenters. The van der Waals surface area contributed by atoms with Crippen molar-refractivity contribution in [3.05, 3.63) is 34.1 Å². The fraction of sp³-hybridized carbons (Fsp3) is 0.438. The first-order valence-electron chi connectivity index (χ1n) is 8.04. The van der Waals surface area contributed by atoms with Crippen LogP contribution in [-0.4, -0.2) is 32.4 Å². The molecule has 26 heavy (non-hydrogen) atoms. The average molecular weight is 418 g/mol. The van der Waals surface area contributed by atoms with Crippen molar-refractivity contribution in [2.45, 2.75) is 38.0 Å². The fourth-order valence-electron chi connectivity index (χ4n) is 4.00. The largest absolute Gasteiger partial charge is 0.308 e. The first-order chi connectivity index (χ1) is 11.6. The minimum atomic E-state index is -0.811. The second kappa shape index (κ2) is 6.92. The van der Waals surface area contributed by atoms with E-state index in [1.165, 1.54) is 11.3 Å². The summed E-state index contributed by atoms with van der Waals surface area (Å²) in [5.41, 5.74) is 2.43. The van der Waals surface area contributed by atoms with Crippen LogP contribution >= 0.6 is 36.2 Å². The van der Waals surface area contributed by atoms with Gasteiger partial charge < -0.3 is 10.3 Å². The monoisotopic (exact) mass is 417 g/mol. The van der Waals surface area contributed by atoms with Crippen LogP contribution in [0.4, 0.5) is 4.39 Å². The van der Waals surface area contributed by atoms with E-state index < -0.39 is 6.17 Å². The summed E-state index contributed by atoms with van der Waals surface area (Å²) in [5, 5.41) is 10.3. The van der Waals surface area contributed by atoms with E-state index in [0.29, 0.717) is 22.5 Å². The molecule has 3 aromatic rings. The molecule has 10 heteroatoms. The number of thiophene rings is 1. The Balaban J connectivity index is 0.000000980. The molecule has 2 fully saturated rings. The van der Waals surface area contributed by atoms with Crippen LogP contribution in [0.1, 0.15) is 30.4 Å². The van der Waals surface area contributed by atoms with Crippen LogP contribution in [0.3, 0.4) is 0 Å². The number of aryl methyl sites for hydroxylation is 1. The van der Waals surface area contributed by atoms with Gasteiger partial charge in [-0.05, 0) is 25.8 Å². The average Bonchev–Trinajstić information content (AvgIpc) is 3.28. The molecule has 2 aliphatic rings. The standard InChI is InChI=1S/C16H16FN5OS.2ClH/c1-6-9(5-18-22-6)12-4-11-14(24-12)16(23)21-15(20-11)13-8-2-7(19-13)3-10(8)17;;/h4-5,7-8,10,13,19H,2-3H2,1H3,(H,18,22)(H,20,21,23);2*1H/t7?,8?,10-,13-;;/m0../s1. The van der Waals surface area contributed by atoms with E-state index in [-0.39, 0.29) is 48.4 Å². The number of halogens is 3. The predicted molar refractivity (Wildman–Crippen MR) is 104 cm³/mol. The highest BCUT2D eigenvalue weighted by Gasteiger charge is 2.48. The van der Waals surface area contributed by atoms with Gasteiger partial charge in [0.25, 0.3) is 5.56 Å². The zero-order chi connectivity index (χ0) is 16.4. The minimum absolute atomic E-state index is 0. The maximum Gasteiger partial charge on any atom is 0.268 e. The Labute approximate surface area is 164 Å². The third-order valence-corrected chi connectivity index (χ3v) is 6.32. The Bertz CT molecular complexity index is 1000. The number of nitrogens with zero attached hydrogens (tertiary/aromatic N) is 2. The number of piperidine rings is 1. The Morgan fingerprint density at radius 1 is 1.31 bits per heavy atom. The number of hydrogen-bond acceptors (Lipinski definition) is 5. The van der Waals surface area contributed by atoms with E-state index in [2.05, 4.69) is 25.5 Å². The highest BCUT2D eigenvalue weighted by Crippen LogP contribution is 2.44. The summed E-state index contributed by atoms with van der Waals surface area (Å²) in [5.74, 6) is 0.459. The van der Waals surface area contributed by atoms with E-state index in [1.807, 2.05) is 13.0 Å². The molecule has 3 N–H and O–H groups in total. The molecule has 6 nitrogen and oxygen atoms in total. The smallest absolute Gasteiger partial charge is 0.268 e. The summed E-state index contributed by atoms with van der Waals surface area (Å²) in [6.07, 6.45) is 2.32. The van der Waals surface area contributed by atoms with E-state index in [0.717, 1.165) is 22.6 Å². The molecule has 140 valence electrons. The van der Waals surface area contributed by atoms with E-state index >= 15 is 0 Å². The first-order valence-corrected chi connectivity index (χ1v) is 8.86. The van der Waals surface area contributed by atoms with Gasteiger partial charge >= 0.3 is 0 Å². The van der Waals surface area contributed by atoms with Crippen molar-refractivity contribution >= 4 is 46.4 Å². The number of rotatable bonds is 2. The van der Waals surface area contributed by atoms with Crippen LogP contribution < -0.4 is 10.9 Å². The molecule has 1 aliphatic carbocycles. The Morgan fingerprint density at radius 3 is 2.77 bits per heavy atom. The van der Waals surface area contributed by atoms with Gasteiger partial charge in [-0.3, -0.25) is 9.89 Å². The lowest BCUT2D eigenvalue weighted by Gasteiger charge is -2.24. The third kappa shape index (κ3) is 2.85. The Hall–Kier alpha value is -1.48. The molecular formula is C16H18Cl2FN5OS. The summed E-state index contributed by atoms with van der Waals surface area (Å²) in [7, 11) is 0. The van der Waals surface area contributed by atoms with Gasteiger partial charge in [0.15, 0.2) is 0 Å². The van der Waals surface area contributed by atoms with Gasteiger partial charge in [-0.25, -0.2) is 9.37 Å². The van der Waals surface area contributed by atoms with Gasteiger partial charge in [0.2, 0.25) is 0 Å². The normalized spacial score (nSPS) is 26.7. The summed E-state index contributed by atoms with van der Waals surface area (Å²) in [6, 6.07) is 1.91. The van der Waals surface area contributed by atoms with Gasteiger partial charge in [0, 0.05) is 28.1 Å². The van der Waals surface area contributed by atoms with E-state index in [4.69, 9.17) is 0 Å². The number of aromatic nitrogens is 4.